The Labute approximate surface area is 149 Å². The van der Waals surface area contributed by atoms with E-state index in [1.165, 1.54) is 24.3 Å². The maximum atomic E-state index is 12.2. The van der Waals surface area contributed by atoms with Gasteiger partial charge in [0.1, 0.15) is 5.75 Å². The van der Waals surface area contributed by atoms with Crippen LogP contribution in [-0.4, -0.2) is 32.6 Å². The molecular weight excluding hydrogens is 360 g/mol. The largest absolute Gasteiger partial charge is 0.482 e. The second-order valence-corrected chi connectivity index (χ2v) is 6.92. The molecule has 2 aromatic rings. The van der Waals surface area contributed by atoms with Crippen molar-refractivity contribution in [3.05, 3.63) is 64.5 Å². The number of nitrogens with one attached hydrogen (secondary N) is 1. The molecule has 0 saturated heterocycles. The first-order valence-electron chi connectivity index (χ1n) is 7.49. The molecule has 26 heavy (non-hydrogen) atoms. The van der Waals surface area contributed by atoms with E-state index in [0.29, 0.717) is 17.9 Å². The van der Waals surface area contributed by atoms with E-state index in [2.05, 4.69) is 14.7 Å². The summed E-state index contributed by atoms with van der Waals surface area (Å²) in [4.78, 5) is 13.1. The molecule has 0 aliphatic rings. The zero-order valence-corrected chi connectivity index (χ0v) is 14.4. The average Bonchev–Trinajstić information content (AvgIpc) is 2.61. The minimum Gasteiger partial charge on any atom is -0.482 e. The van der Waals surface area contributed by atoms with Gasteiger partial charge in [0, 0.05) is 17.1 Å². The molecule has 2 rings (SSSR count). The molecular formula is C16H16N4O5S. The third-order valence-corrected chi connectivity index (χ3v) is 4.78. The number of sulfonamides is 1. The predicted molar refractivity (Wildman–Crippen MR) is 93.7 cm³/mol. The van der Waals surface area contributed by atoms with Gasteiger partial charge in [0.25, 0.3) is 0 Å². The number of carbonyl (C=O) groups is 1. The lowest BCUT2D eigenvalue weighted by Crippen LogP contribution is -2.25. The van der Waals surface area contributed by atoms with Gasteiger partial charge in [-0.15, -0.1) is 0 Å². The molecule has 9 nitrogen and oxygen atoms in total. The first-order chi connectivity index (χ1) is 12.4. The zero-order chi connectivity index (χ0) is 19.0. The summed E-state index contributed by atoms with van der Waals surface area (Å²) in [6, 6.07) is 12.3. The van der Waals surface area contributed by atoms with Gasteiger partial charge < -0.3 is 9.84 Å². The van der Waals surface area contributed by atoms with Gasteiger partial charge in [0.05, 0.1) is 4.90 Å². The van der Waals surface area contributed by atoms with Gasteiger partial charge in [0.15, 0.2) is 6.61 Å². The summed E-state index contributed by atoms with van der Waals surface area (Å²) in [7, 11) is -3.66. The summed E-state index contributed by atoms with van der Waals surface area (Å²) in [6.45, 7) is -0.229. The average molecular weight is 376 g/mol. The molecule has 0 radical (unpaired) electrons. The highest BCUT2D eigenvalue weighted by Gasteiger charge is 2.13. The molecule has 0 unspecified atom stereocenters. The van der Waals surface area contributed by atoms with E-state index in [1.54, 1.807) is 24.3 Å². The van der Waals surface area contributed by atoms with Crippen LogP contribution in [-0.2, 0) is 21.2 Å². The lowest BCUT2D eigenvalue weighted by molar-refractivity contribution is -0.139. The van der Waals surface area contributed by atoms with Crippen LogP contribution in [0.5, 0.6) is 5.75 Å². The first kappa shape index (κ1) is 19.3. The van der Waals surface area contributed by atoms with E-state index in [1.807, 2.05) is 0 Å². The van der Waals surface area contributed by atoms with Crippen molar-refractivity contribution in [1.29, 1.82) is 0 Å². The smallest absolute Gasteiger partial charge is 0.341 e. The van der Waals surface area contributed by atoms with E-state index < -0.39 is 22.6 Å². The van der Waals surface area contributed by atoms with Gasteiger partial charge in [-0.05, 0) is 41.8 Å². The van der Waals surface area contributed by atoms with Crippen LogP contribution in [0.15, 0.2) is 58.5 Å². The second kappa shape index (κ2) is 8.86. The van der Waals surface area contributed by atoms with Crippen LogP contribution >= 0.6 is 0 Å². The second-order valence-electron chi connectivity index (χ2n) is 5.16. The highest BCUT2D eigenvalue weighted by atomic mass is 32.2. The van der Waals surface area contributed by atoms with Gasteiger partial charge in [-0.3, -0.25) is 0 Å². The summed E-state index contributed by atoms with van der Waals surface area (Å²) in [5, 5.41) is 11.9. The molecule has 0 fully saturated rings. The SMILES string of the molecule is [N-]=[N+]=Nc1ccc(S(=O)(=O)NCCc2ccc(OCC(=O)O)cc2)cc1. The maximum Gasteiger partial charge on any atom is 0.341 e. The van der Waals surface area contributed by atoms with Crippen LogP contribution < -0.4 is 9.46 Å². The Balaban J connectivity index is 1.89. The number of rotatable bonds is 9. The number of carboxylic acids is 1. The number of benzene rings is 2. The van der Waals surface area contributed by atoms with E-state index in [9.17, 15) is 13.2 Å². The van der Waals surface area contributed by atoms with Crippen molar-refractivity contribution in [2.24, 2.45) is 5.11 Å². The van der Waals surface area contributed by atoms with Crippen LogP contribution in [0.3, 0.4) is 0 Å². The van der Waals surface area contributed by atoms with Crippen molar-refractivity contribution in [2.45, 2.75) is 11.3 Å². The third kappa shape index (κ3) is 5.78. The summed E-state index contributed by atoms with van der Waals surface area (Å²) in [6.07, 6.45) is 0.454. The van der Waals surface area contributed by atoms with Crippen molar-refractivity contribution in [2.75, 3.05) is 13.2 Å². The molecule has 10 heteroatoms. The molecule has 0 aromatic heterocycles. The Kier molecular flexibility index (Phi) is 6.56. The number of aliphatic carboxylic acids is 1. The maximum absolute atomic E-state index is 12.2. The van der Waals surface area contributed by atoms with E-state index in [-0.39, 0.29) is 11.4 Å². The lowest BCUT2D eigenvalue weighted by atomic mass is 10.1. The fourth-order valence-electron chi connectivity index (χ4n) is 2.05. The van der Waals surface area contributed by atoms with E-state index in [0.717, 1.165) is 5.56 Å². The molecule has 0 spiro atoms. The summed E-state index contributed by atoms with van der Waals surface area (Å²) in [5.74, 6) is -0.632. The first-order valence-corrected chi connectivity index (χ1v) is 8.97. The fraction of sp³-hybridized carbons (Fsp3) is 0.188. The number of nitrogens with zero attached hydrogens (tertiary/aromatic N) is 3. The molecule has 0 bridgehead atoms. The van der Waals surface area contributed by atoms with Crippen molar-refractivity contribution >= 4 is 21.7 Å². The van der Waals surface area contributed by atoms with E-state index in [4.69, 9.17) is 15.4 Å². The number of azide groups is 1. The Morgan fingerprint density at radius 2 is 1.81 bits per heavy atom. The van der Waals surface area contributed by atoms with Crippen molar-refractivity contribution in [1.82, 2.24) is 4.72 Å². The van der Waals surface area contributed by atoms with Crippen LogP contribution in [0.25, 0.3) is 10.4 Å². The van der Waals surface area contributed by atoms with Crippen LogP contribution in [0, 0.1) is 0 Å². The van der Waals surface area contributed by atoms with Gasteiger partial charge in [-0.25, -0.2) is 17.9 Å². The van der Waals surface area contributed by atoms with Crippen LogP contribution in [0.2, 0.25) is 0 Å². The normalized spacial score (nSPS) is 10.8. The molecule has 0 atom stereocenters. The Bertz CT molecular complexity index is 905. The molecule has 0 aliphatic carbocycles. The fourth-order valence-corrected chi connectivity index (χ4v) is 3.09. The third-order valence-electron chi connectivity index (χ3n) is 3.30. The highest BCUT2D eigenvalue weighted by Crippen LogP contribution is 2.17. The van der Waals surface area contributed by atoms with Gasteiger partial charge in [-0.2, -0.15) is 0 Å². The molecule has 2 N–H and O–H groups in total. The summed E-state index contributed by atoms with van der Waals surface area (Å²) in [5.41, 5.74) is 9.54. The quantitative estimate of drug-likeness (QED) is 0.393. The standard InChI is InChI=1S/C16H16N4O5S/c17-20-19-13-3-7-15(8-4-13)26(23,24)18-10-9-12-1-5-14(6-2-12)25-11-16(21)22/h1-8,18H,9-11H2,(H,21,22). The molecule has 2 aromatic carbocycles. The van der Waals surface area contributed by atoms with Crippen molar-refractivity contribution in [3.8, 4) is 5.75 Å². The minimum atomic E-state index is -3.66. The zero-order valence-electron chi connectivity index (χ0n) is 13.6. The topological polar surface area (TPSA) is 141 Å². The summed E-state index contributed by atoms with van der Waals surface area (Å²) < 4.78 is 31.9. The van der Waals surface area contributed by atoms with Crippen molar-refractivity contribution < 1.29 is 23.1 Å². The minimum absolute atomic E-state index is 0.0757. The van der Waals surface area contributed by atoms with Gasteiger partial charge >= 0.3 is 5.97 Å². The monoisotopic (exact) mass is 376 g/mol. The Morgan fingerprint density at radius 3 is 2.38 bits per heavy atom. The molecule has 0 aliphatic heterocycles. The van der Waals surface area contributed by atoms with Crippen LogP contribution in [0.1, 0.15) is 5.56 Å². The number of carboxylic acid groups (broad SMARTS) is 1. The van der Waals surface area contributed by atoms with Gasteiger partial charge in [-0.1, -0.05) is 29.4 Å². The Morgan fingerprint density at radius 1 is 1.15 bits per heavy atom. The van der Waals surface area contributed by atoms with Gasteiger partial charge in [0.2, 0.25) is 10.0 Å². The highest BCUT2D eigenvalue weighted by molar-refractivity contribution is 7.89. The van der Waals surface area contributed by atoms with Crippen LogP contribution in [0.4, 0.5) is 5.69 Å². The molecule has 136 valence electrons. The number of ether oxygens (including phenoxy) is 1. The Hall–Kier alpha value is -3.07. The number of hydrogen-bond acceptors (Lipinski definition) is 5. The molecule has 0 saturated carbocycles. The van der Waals surface area contributed by atoms with E-state index >= 15 is 0 Å². The predicted octanol–water partition coefficient (Wildman–Crippen LogP) is 2.61. The molecule has 0 amide bonds. The molecule has 0 heterocycles. The number of hydrogen-bond donors (Lipinski definition) is 2. The van der Waals surface area contributed by atoms with Crippen molar-refractivity contribution in [3.63, 3.8) is 0 Å². The lowest BCUT2D eigenvalue weighted by Gasteiger charge is -2.08. The summed E-state index contributed by atoms with van der Waals surface area (Å²) >= 11 is 0.